The first-order valence-electron chi connectivity index (χ1n) is 15.2. The third kappa shape index (κ3) is 7.06. The van der Waals surface area contributed by atoms with E-state index in [9.17, 15) is 18.0 Å². The quantitative estimate of drug-likeness (QED) is 0.241. The van der Waals surface area contributed by atoms with Crippen molar-refractivity contribution in [3.63, 3.8) is 0 Å². The van der Waals surface area contributed by atoms with Crippen LogP contribution in [0.2, 0.25) is 5.02 Å². The van der Waals surface area contributed by atoms with Crippen molar-refractivity contribution in [2.45, 2.75) is 62.5 Å². The molecule has 0 radical (unpaired) electrons. The summed E-state index contributed by atoms with van der Waals surface area (Å²) in [6, 6.07) is 14.3. The molecule has 1 amide bonds. The number of anilines is 3. The van der Waals surface area contributed by atoms with Gasteiger partial charge in [0.25, 0.3) is 0 Å². The lowest BCUT2D eigenvalue weighted by molar-refractivity contribution is -0.0262. The second kappa shape index (κ2) is 13.9. The van der Waals surface area contributed by atoms with E-state index in [4.69, 9.17) is 25.8 Å². The van der Waals surface area contributed by atoms with Gasteiger partial charge in [-0.25, -0.2) is 18.0 Å². The molecular weight excluding hydrogens is 650 g/mol. The van der Waals surface area contributed by atoms with Gasteiger partial charge in [0.15, 0.2) is 0 Å². The number of hydrogen-bond acceptors (Lipinski definition) is 9. The predicted molar refractivity (Wildman–Crippen MR) is 181 cm³/mol. The van der Waals surface area contributed by atoms with E-state index >= 15 is 0 Å². The minimum Gasteiger partial charge on any atom is -0.465 e. The molecule has 1 aromatic heterocycles. The second-order valence-corrected chi connectivity index (χ2v) is 15.7. The average molecular weight is 690 g/mol. The van der Waals surface area contributed by atoms with E-state index in [-0.39, 0.29) is 34.0 Å². The van der Waals surface area contributed by atoms with Crippen LogP contribution in [0.15, 0.2) is 53.4 Å². The molecular formula is C33H40ClN3O7S2. The van der Waals surface area contributed by atoms with E-state index in [1.165, 1.54) is 18.5 Å². The number of sulfonamides is 1. The third-order valence-corrected chi connectivity index (χ3v) is 12.2. The van der Waals surface area contributed by atoms with Crippen molar-refractivity contribution < 1.29 is 32.2 Å². The monoisotopic (exact) mass is 689 g/mol. The van der Waals surface area contributed by atoms with Crippen LogP contribution < -0.4 is 10.2 Å². The number of rotatable bonds is 8. The topological polar surface area (TPSA) is 114 Å². The number of halogens is 1. The molecule has 10 nitrogen and oxygen atoms in total. The van der Waals surface area contributed by atoms with Gasteiger partial charge < -0.3 is 19.1 Å². The summed E-state index contributed by atoms with van der Waals surface area (Å²) < 4.78 is 45.9. The highest BCUT2D eigenvalue weighted by molar-refractivity contribution is 7.89. The Morgan fingerprint density at radius 3 is 2.41 bits per heavy atom. The van der Waals surface area contributed by atoms with Crippen LogP contribution in [-0.4, -0.2) is 70.8 Å². The summed E-state index contributed by atoms with van der Waals surface area (Å²) in [5, 5.41) is 2.91. The van der Waals surface area contributed by atoms with Crippen molar-refractivity contribution in [3.05, 3.63) is 58.4 Å². The fraction of sp³-hybridized carbons (Fsp3) is 0.455. The molecule has 5 rings (SSSR count). The molecule has 2 aliphatic rings. The lowest BCUT2D eigenvalue weighted by atomic mass is 9.83. The first kappa shape index (κ1) is 34.2. The summed E-state index contributed by atoms with van der Waals surface area (Å²) in [7, 11) is 0.453. The van der Waals surface area contributed by atoms with Crippen LogP contribution >= 0.6 is 22.9 Å². The zero-order valence-electron chi connectivity index (χ0n) is 26.7. The number of likely N-dealkylation sites (N-methyl/N-ethyl adjacent to an activating group) is 1. The summed E-state index contributed by atoms with van der Waals surface area (Å²) in [6.45, 7) is 3.99. The number of fused-ring (bicyclic) bond motifs is 1. The minimum absolute atomic E-state index is 0.0261. The zero-order valence-corrected chi connectivity index (χ0v) is 29.1. The summed E-state index contributed by atoms with van der Waals surface area (Å²) in [5.41, 5.74) is 1.20. The van der Waals surface area contributed by atoms with E-state index in [2.05, 4.69) is 5.32 Å². The summed E-state index contributed by atoms with van der Waals surface area (Å²) >= 11 is 7.97. The van der Waals surface area contributed by atoms with Crippen LogP contribution in [0.25, 0.3) is 10.4 Å². The molecule has 1 N–H and O–H groups in total. The van der Waals surface area contributed by atoms with E-state index in [0.717, 1.165) is 49.1 Å². The molecule has 46 heavy (non-hydrogen) atoms. The Labute approximate surface area is 279 Å². The van der Waals surface area contributed by atoms with Crippen molar-refractivity contribution in [1.82, 2.24) is 4.31 Å². The van der Waals surface area contributed by atoms with Gasteiger partial charge in [-0.15, -0.1) is 11.3 Å². The number of methoxy groups -OCH3 is 2. The molecule has 0 spiro atoms. The van der Waals surface area contributed by atoms with Gasteiger partial charge >= 0.3 is 12.1 Å². The average Bonchev–Trinajstić information content (AvgIpc) is 3.44. The maximum atomic E-state index is 14.4. The lowest BCUT2D eigenvalue weighted by Gasteiger charge is -2.36. The predicted octanol–water partition coefficient (Wildman–Crippen LogP) is 7.55. The van der Waals surface area contributed by atoms with Crippen LogP contribution in [0.5, 0.6) is 0 Å². The zero-order chi connectivity index (χ0) is 33.2. The molecule has 248 valence electrons. The standard InChI is InChI=1S/C33H40ClN3O7S2/c1-33(2,43-5)20-44-32(39)35-25-18-28(45-30(25)31(38)42-4)23-16-29-26(17-24(23)34)37(22-14-10-7-11-15-22)19-27(36(3)46(29,40)41)21-12-8-6-9-13-21/h7,10-11,14-18,21,27H,6,8-9,12-13,19-20H2,1-5H3,(H,35,39)/t27-/m0/s1. The van der Waals surface area contributed by atoms with Gasteiger partial charge in [0.2, 0.25) is 10.0 Å². The summed E-state index contributed by atoms with van der Waals surface area (Å²) in [5.74, 6) is -0.445. The number of nitrogens with zero attached hydrogens (tertiary/aromatic N) is 2. The highest BCUT2D eigenvalue weighted by Crippen LogP contribution is 2.46. The van der Waals surface area contributed by atoms with Crippen molar-refractivity contribution in [2.75, 3.05) is 44.6 Å². The Hall–Kier alpha value is -3.16. The molecule has 1 fully saturated rings. The first-order valence-corrected chi connectivity index (χ1v) is 17.9. The summed E-state index contributed by atoms with van der Waals surface area (Å²) in [4.78, 5) is 28.2. The van der Waals surface area contributed by atoms with Gasteiger partial charge in [0.05, 0.1) is 29.1 Å². The maximum absolute atomic E-state index is 14.4. The van der Waals surface area contributed by atoms with Crippen molar-refractivity contribution in [1.29, 1.82) is 0 Å². The Balaban J connectivity index is 1.59. The van der Waals surface area contributed by atoms with Gasteiger partial charge in [0.1, 0.15) is 16.4 Å². The summed E-state index contributed by atoms with van der Waals surface area (Å²) in [6.07, 6.45) is 4.49. The highest BCUT2D eigenvalue weighted by Gasteiger charge is 2.41. The lowest BCUT2D eigenvalue weighted by Crippen LogP contribution is -2.46. The fourth-order valence-electron chi connectivity index (χ4n) is 6.01. The van der Waals surface area contributed by atoms with E-state index in [1.54, 1.807) is 39.1 Å². The van der Waals surface area contributed by atoms with Crippen LogP contribution in [0.4, 0.5) is 21.9 Å². The molecule has 1 atom stereocenters. The molecule has 1 aliphatic heterocycles. The molecule has 1 aliphatic carbocycles. The number of carbonyl (C=O) groups excluding carboxylic acids is 2. The van der Waals surface area contributed by atoms with Crippen LogP contribution in [0.1, 0.15) is 55.6 Å². The van der Waals surface area contributed by atoms with Gasteiger partial charge in [0, 0.05) is 42.9 Å². The fourth-order valence-corrected chi connectivity index (χ4v) is 8.99. The van der Waals surface area contributed by atoms with Gasteiger partial charge in [-0.3, -0.25) is 5.32 Å². The molecule has 0 saturated heterocycles. The first-order chi connectivity index (χ1) is 21.9. The second-order valence-electron chi connectivity index (χ2n) is 12.2. The Bertz CT molecular complexity index is 1690. The number of esters is 1. The van der Waals surface area contributed by atoms with Crippen LogP contribution in [0, 0.1) is 5.92 Å². The molecule has 2 aromatic carbocycles. The van der Waals surface area contributed by atoms with E-state index in [1.807, 2.05) is 35.2 Å². The number of hydrogen-bond donors (Lipinski definition) is 1. The maximum Gasteiger partial charge on any atom is 0.411 e. The number of nitrogens with one attached hydrogen (secondary N) is 1. The molecule has 0 bridgehead atoms. The van der Waals surface area contributed by atoms with Gasteiger partial charge in [-0.05, 0) is 62.9 Å². The van der Waals surface area contributed by atoms with Crippen molar-refractivity contribution in [2.24, 2.45) is 5.92 Å². The SMILES string of the molecule is COC(=O)c1sc(-c2cc3c(cc2Cl)N(c2ccccc2)C[C@@H](C2CCCCC2)N(C)S3(=O)=O)cc1NC(=O)OCC(C)(C)OC. The smallest absolute Gasteiger partial charge is 0.411 e. The largest absolute Gasteiger partial charge is 0.465 e. The minimum atomic E-state index is -3.97. The number of carbonyl (C=O) groups is 2. The van der Waals surface area contributed by atoms with Gasteiger partial charge in [-0.2, -0.15) is 4.31 Å². The Morgan fingerprint density at radius 2 is 1.76 bits per heavy atom. The Kier molecular flexibility index (Phi) is 10.3. The van der Waals surface area contributed by atoms with Crippen molar-refractivity contribution >= 4 is 62.1 Å². The Morgan fingerprint density at radius 1 is 1.07 bits per heavy atom. The van der Waals surface area contributed by atoms with Gasteiger partial charge in [-0.1, -0.05) is 49.1 Å². The van der Waals surface area contributed by atoms with Crippen LogP contribution in [-0.2, 0) is 24.2 Å². The highest BCUT2D eigenvalue weighted by atomic mass is 35.5. The number of benzene rings is 2. The normalized spacial score (nSPS) is 18.8. The van der Waals surface area contributed by atoms with E-state index in [0.29, 0.717) is 27.7 Å². The molecule has 2 heterocycles. The molecule has 3 aromatic rings. The molecule has 13 heteroatoms. The number of para-hydroxylation sites is 1. The molecule has 0 unspecified atom stereocenters. The van der Waals surface area contributed by atoms with Crippen molar-refractivity contribution in [3.8, 4) is 10.4 Å². The van der Waals surface area contributed by atoms with Crippen LogP contribution in [0.3, 0.4) is 0 Å². The number of thiophene rings is 1. The third-order valence-electron chi connectivity index (χ3n) is 8.80. The number of amides is 1. The molecule has 1 saturated carbocycles. The van der Waals surface area contributed by atoms with E-state index < -0.39 is 27.7 Å². The number of ether oxygens (including phenoxy) is 3.